The molecule has 0 bridgehead atoms. The van der Waals surface area contributed by atoms with Crippen molar-refractivity contribution in [3.8, 4) is 0 Å². The van der Waals surface area contributed by atoms with Gasteiger partial charge in [-0.2, -0.15) is 0 Å². The molecule has 1 saturated carbocycles. The molecule has 1 aromatic rings. The smallest absolute Gasteiger partial charge is 0.166 e. The zero-order chi connectivity index (χ0) is 14.0. The third kappa shape index (κ3) is 2.89. The number of ether oxygens (including phenoxy) is 1. The van der Waals surface area contributed by atoms with E-state index in [2.05, 4.69) is 4.98 Å². The van der Waals surface area contributed by atoms with Gasteiger partial charge in [0, 0.05) is 24.3 Å². The zero-order valence-corrected chi connectivity index (χ0v) is 12.4. The van der Waals surface area contributed by atoms with Crippen LogP contribution in [-0.4, -0.2) is 23.0 Å². The first-order chi connectivity index (χ1) is 9.69. The maximum Gasteiger partial charge on any atom is 0.166 e. The van der Waals surface area contributed by atoms with Crippen molar-refractivity contribution in [1.29, 1.82) is 0 Å². The Kier molecular flexibility index (Phi) is 4.08. The molecule has 3 rings (SSSR count). The van der Waals surface area contributed by atoms with Crippen LogP contribution in [0.4, 0.5) is 0 Å². The van der Waals surface area contributed by atoms with Crippen LogP contribution in [0.2, 0.25) is 5.15 Å². The van der Waals surface area contributed by atoms with Crippen molar-refractivity contribution in [3.05, 3.63) is 29.0 Å². The molecule has 2 aliphatic rings. The Morgan fingerprint density at radius 3 is 2.90 bits per heavy atom. The monoisotopic (exact) mass is 293 g/mol. The van der Waals surface area contributed by atoms with Gasteiger partial charge in [-0.1, -0.05) is 30.9 Å². The molecule has 1 aromatic heterocycles. The second-order valence-electron chi connectivity index (χ2n) is 6.01. The van der Waals surface area contributed by atoms with Gasteiger partial charge in [0.15, 0.2) is 5.78 Å². The van der Waals surface area contributed by atoms with Gasteiger partial charge in [0.05, 0.1) is 5.60 Å². The second kappa shape index (κ2) is 5.82. The van der Waals surface area contributed by atoms with Crippen molar-refractivity contribution >= 4 is 17.4 Å². The summed E-state index contributed by atoms with van der Waals surface area (Å²) in [4.78, 5) is 16.6. The van der Waals surface area contributed by atoms with E-state index in [4.69, 9.17) is 16.3 Å². The fourth-order valence-corrected chi connectivity index (χ4v) is 3.76. The number of ketones is 1. The minimum absolute atomic E-state index is 0.0341. The van der Waals surface area contributed by atoms with Crippen LogP contribution in [0.15, 0.2) is 18.3 Å². The Bertz CT molecular complexity index is 491. The SMILES string of the molecule is O=C(c1ccnc(Cl)c1)C1CCOC2(CCCCC2)C1. The van der Waals surface area contributed by atoms with Gasteiger partial charge in [-0.25, -0.2) is 4.98 Å². The number of carbonyl (C=O) groups is 1. The third-order valence-electron chi connectivity index (χ3n) is 4.64. The maximum atomic E-state index is 12.6. The summed E-state index contributed by atoms with van der Waals surface area (Å²) in [6, 6.07) is 3.43. The summed E-state index contributed by atoms with van der Waals surface area (Å²) < 4.78 is 6.06. The highest BCUT2D eigenvalue weighted by Crippen LogP contribution is 2.41. The number of aromatic nitrogens is 1. The summed E-state index contributed by atoms with van der Waals surface area (Å²) in [6.07, 6.45) is 9.24. The lowest BCUT2D eigenvalue weighted by Gasteiger charge is -2.43. The summed E-state index contributed by atoms with van der Waals surface area (Å²) in [6.45, 7) is 0.704. The molecule has 0 radical (unpaired) electrons. The van der Waals surface area contributed by atoms with Crippen molar-refractivity contribution in [3.63, 3.8) is 0 Å². The lowest BCUT2D eigenvalue weighted by atomic mass is 9.74. The number of nitrogens with zero attached hydrogens (tertiary/aromatic N) is 1. The quantitative estimate of drug-likeness (QED) is 0.610. The molecule has 1 aliphatic heterocycles. The van der Waals surface area contributed by atoms with Crippen LogP contribution in [0.25, 0.3) is 0 Å². The minimum Gasteiger partial charge on any atom is -0.375 e. The van der Waals surface area contributed by atoms with Gasteiger partial charge in [-0.05, 0) is 37.8 Å². The van der Waals surface area contributed by atoms with Gasteiger partial charge in [0.25, 0.3) is 0 Å². The normalized spacial score (nSPS) is 25.6. The summed E-state index contributed by atoms with van der Waals surface area (Å²) in [5.74, 6) is 0.267. The first kappa shape index (κ1) is 14.0. The lowest BCUT2D eigenvalue weighted by molar-refractivity contribution is -0.111. The van der Waals surface area contributed by atoms with Crippen molar-refractivity contribution in [2.45, 2.75) is 50.5 Å². The van der Waals surface area contributed by atoms with Crippen LogP contribution in [-0.2, 0) is 4.74 Å². The van der Waals surface area contributed by atoms with Crippen molar-refractivity contribution < 1.29 is 9.53 Å². The maximum absolute atomic E-state index is 12.6. The number of hydrogen-bond acceptors (Lipinski definition) is 3. The number of carbonyl (C=O) groups excluding carboxylic acids is 1. The number of pyridine rings is 1. The summed E-state index contributed by atoms with van der Waals surface area (Å²) >= 11 is 5.88. The molecule has 108 valence electrons. The zero-order valence-electron chi connectivity index (χ0n) is 11.6. The van der Waals surface area contributed by atoms with Crippen LogP contribution in [0.3, 0.4) is 0 Å². The Morgan fingerprint density at radius 2 is 2.15 bits per heavy atom. The molecule has 1 unspecified atom stereocenters. The lowest BCUT2D eigenvalue weighted by Crippen LogP contribution is -2.43. The van der Waals surface area contributed by atoms with Crippen molar-refractivity contribution in [2.75, 3.05) is 6.61 Å². The molecule has 0 aromatic carbocycles. The van der Waals surface area contributed by atoms with E-state index in [1.54, 1.807) is 18.3 Å². The van der Waals surface area contributed by atoms with Crippen molar-refractivity contribution in [1.82, 2.24) is 4.98 Å². The molecular formula is C16H20ClNO2. The molecule has 1 aliphatic carbocycles. The van der Waals surface area contributed by atoms with Crippen molar-refractivity contribution in [2.24, 2.45) is 5.92 Å². The average Bonchev–Trinajstić information content (AvgIpc) is 2.47. The molecule has 20 heavy (non-hydrogen) atoms. The third-order valence-corrected chi connectivity index (χ3v) is 4.85. The molecule has 1 spiro atoms. The van der Waals surface area contributed by atoms with Crippen LogP contribution in [0.5, 0.6) is 0 Å². The van der Waals surface area contributed by atoms with E-state index in [1.807, 2.05) is 0 Å². The van der Waals surface area contributed by atoms with Crippen LogP contribution in [0.1, 0.15) is 55.3 Å². The highest BCUT2D eigenvalue weighted by molar-refractivity contribution is 6.29. The standard InChI is InChI=1S/C16H20ClNO2/c17-14-10-12(4-8-18-14)15(19)13-5-9-20-16(11-13)6-2-1-3-7-16/h4,8,10,13H,1-3,5-7,9,11H2. The molecule has 1 saturated heterocycles. The van der Waals surface area contributed by atoms with Gasteiger partial charge < -0.3 is 4.74 Å². The van der Waals surface area contributed by atoms with E-state index < -0.39 is 0 Å². The molecule has 1 atom stereocenters. The largest absolute Gasteiger partial charge is 0.375 e. The van der Waals surface area contributed by atoms with Gasteiger partial charge in [0.1, 0.15) is 5.15 Å². The van der Waals surface area contributed by atoms with E-state index in [0.717, 1.165) is 25.7 Å². The van der Waals surface area contributed by atoms with Crippen LogP contribution < -0.4 is 0 Å². The van der Waals surface area contributed by atoms with E-state index in [0.29, 0.717) is 17.3 Å². The summed E-state index contributed by atoms with van der Waals surface area (Å²) in [5, 5.41) is 0.385. The van der Waals surface area contributed by atoms with Crippen LogP contribution in [0, 0.1) is 5.92 Å². The van der Waals surface area contributed by atoms with E-state index >= 15 is 0 Å². The number of halogens is 1. The Hall–Kier alpha value is -0.930. The topological polar surface area (TPSA) is 39.2 Å². The first-order valence-corrected chi connectivity index (χ1v) is 7.86. The van der Waals surface area contributed by atoms with E-state index in [-0.39, 0.29) is 17.3 Å². The highest BCUT2D eigenvalue weighted by Gasteiger charge is 2.40. The molecule has 0 amide bonds. The van der Waals surface area contributed by atoms with Crippen LogP contribution >= 0.6 is 11.6 Å². The molecule has 0 N–H and O–H groups in total. The fourth-order valence-electron chi connectivity index (χ4n) is 3.59. The summed E-state index contributed by atoms with van der Waals surface area (Å²) in [5.41, 5.74) is 0.649. The summed E-state index contributed by atoms with van der Waals surface area (Å²) in [7, 11) is 0. The Morgan fingerprint density at radius 1 is 1.35 bits per heavy atom. The Labute approximate surface area is 124 Å². The predicted molar refractivity (Wildman–Crippen MR) is 78.1 cm³/mol. The second-order valence-corrected chi connectivity index (χ2v) is 6.40. The molecule has 2 fully saturated rings. The fraction of sp³-hybridized carbons (Fsp3) is 0.625. The molecule has 3 nitrogen and oxygen atoms in total. The molecule has 4 heteroatoms. The van der Waals surface area contributed by atoms with Gasteiger partial charge >= 0.3 is 0 Å². The van der Waals surface area contributed by atoms with E-state index in [9.17, 15) is 4.79 Å². The number of Topliss-reactive ketones (excluding diaryl/α,β-unsaturated/α-hetero) is 1. The highest BCUT2D eigenvalue weighted by atomic mass is 35.5. The predicted octanol–water partition coefficient (Wildman–Crippen LogP) is 4.05. The Balaban J connectivity index is 1.74. The molecular weight excluding hydrogens is 274 g/mol. The van der Waals surface area contributed by atoms with Gasteiger partial charge in [-0.3, -0.25) is 4.79 Å². The first-order valence-electron chi connectivity index (χ1n) is 7.48. The molecule has 2 heterocycles. The van der Waals surface area contributed by atoms with Gasteiger partial charge in [-0.15, -0.1) is 0 Å². The number of rotatable bonds is 2. The van der Waals surface area contributed by atoms with Gasteiger partial charge in [0.2, 0.25) is 0 Å². The minimum atomic E-state index is -0.0341. The average molecular weight is 294 g/mol. The number of hydrogen-bond donors (Lipinski definition) is 0. The van der Waals surface area contributed by atoms with E-state index in [1.165, 1.54) is 19.3 Å².